The molecule has 3 nitrogen and oxygen atoms in total. The van der Waals surface area contributed by atoms with Crippen molar-refractivity contribution in [3.63, 3.8) is 0 Å². The standard InChI is InChI=1S/C9H13FN2O/c1-2-7(11)5-3-4-6(10)8(12)9(5)13/h3-4,7,13H,2,11-12H2,1H3/t7-/m0/s1. The van der Waals surface area contributed by atoms with Gasteiger partial charge in [-0.2, -0.15) is 0 Å². The molecule has 0 spiro atoms. The number of benzene rings is 1. The van der Waals surface area contributed by atoms with Crippen molar-refractivity contribution in [3.05, 3.63) is 23.5 Å². The lowest BCUT2D eigenvalue weighted by Crippen LogP contribution is -2.10. The van der Waals surface area contributed by atoms with Gasteiger partial charge < -0.3 is 16.6 Å². The Hall–Kier alpha value is -1.29. The number of anilines is 1. The number of nitrogens with two attached hydrogens (primary N) is 2. The summed E-state index contributed by atoms with van der Waals surface area (Å²) in [4.78, 5) is 0. The van der Waals surface area contributed by atoms with Gasteiger partial charge in [-0.05, 0) is 12.5 Å². The van der Waals surface area contributed by atoms with Gasteiger partial charge in [-0.25, -0.2) is 4.39 Å². The maximum absolute atomic E-state index is 12.8. The summed E-state index contributed by atoms with van der Waals surface area (Å²) in [6.07, 6.45) is 0.665. The quantitative estimate of drug-likeness (QED) is 0.482. The lowest BCUT2D eigenvalue weighted by atomic mass is 10.0. The van der Waals surface area contributed by atoms with Gasteiger partial charge >= 0.3 is 0 Å². The van der Waals surface area contributed by atoms with E-state index in [1.54, 1.807) is 0 Å². The van der Waals surface area contributed by atoms with E-state index in [1.807, 2.05) is 6.92 Å². The average molecular weight is 184 g/mol. The molecular weight excluding hydrogens is 171 g/mol. The first-order valence-corrected chi connectivity index (χ1v) is 4.10. The van der Waals surface area contributed by atoms with Crippen LogP contribution in [0.5, 0.6) is 5.75 Å². The molecule has 5 N–H and O–H groups in total. The molecule has 1 aromatic carbocycles. The van der Waals surface area contributed by atoms with Gasteiger partial charge in [0.1, 0.15) is 17.3 Å². The van der Waals surface area contributed by atoms with Crippen LogP contribution < -0.4 is 11.5 Å². The highest BCUT2D eigenvalue weighted by molar-refractivity contribution is 5.57. The van der Waals surface area contributed by atoms with Crippen LogP contribution in [0.15, 0.2) is 12.1 Å². The summed E-state index contributed by atoms with van der Waals surface area (Å²) in [5, 5.41) is 9.43. The second-order valence-electron chi connectivity index (χ2n) is 2.91. The van der Waals surface area contributed by atoms with Crippen LogP contribution in [0.1, 0.15) is 24.9 Å². The Labute approximate surface area is 76.2 Å². The Bertz CT molecular complexity index is 315. The van der Waals surface area contributed by atoms with Gasteiger partial charge in [0, 0.05) is 11.6 Å². The maximum atomic E-state index is 12.8. The molecule has 0 amide bonds. The molecule has 0 saturated heterocycles. The first-order valence-electron chi connectivity index (χ1n) is 4.10. The maximum Gasteiger partial charge on any atom is 0.149 e. The van der Waals surface area contributed by atoms with Crippen LogP contribution in [0.2, 0.25) is 0 Å². The van der Waals surface area contributed by atoms with E-state index < -0.39 is 5.82 Å². The Kier molecular flexibility index (Phi) is 2.72. The number of phenols is 1. The van der Waals surface area contributed by atoms with Gasteiger partial charge in [-0.3, -0.25) is 0 Å². The largest absolute Gasteiger partial charge is 0.505 e. The van der Waals surface area contributed by atoms with E-state index in [2.05, 4.69) is 0 Å². The zero-order chi connectivity index (χ0) is 10.0. The molecule has 0 aliphatic heterocycles. The number of hydrogen-bond donors (Lipinski definition) is 3. The molecule has 0 aromatic heterocycles. The van der Waals surface area contributed by atoms with E-state index in [-0.39, 0.29) is 17.5 Å². The van der Waals surface area contributed by atoms with Crippen molar-refractivity contribution in [2.24, 2.45) is 5.73 Å². The van der Waals surface area contributed by atoms with Crippen LogP contribution in [-0.2, 0) is 0 Å². The number of halogens is 1. The fourth-order valence-electron chi connectivity index (χ4n) is 1.12. The zero-order valence-corrected chi connectivity index (χ0v) is 7.42. The SMILES string of the molecule is CC[C@H](N)c1ccc(F)c(N)c1O. The normalized spacial score (nSPS) is 12.8. The van der Waals surface area contributed by atoms with Crippen LogP contribution in [-0.4, -0.2) is 5.11 Å². The van der Waals surface area contributed by atoms with Crippen molar-refractivity contribution in [1.29, 1.82) is 0 Å². The van der Waals surface area contributed by atoms with Gasteiger partial charge in [-0.1, -0.05) is 13.0 Å². The second kappa shape index (κ2) is 3.62. The van der Waals surface area contributed by atoms with Gasteiger partial charge in [0.2, 0.25) is 0 Å². The molecule has 0 aliphatic carbocycles. The highest BCUT2D eigenvalue weighted by Gasteiger charge is 2.13. The molecule has 0 fully saturated rings. The fraction of sp³-hybridized carbons (Fsp3) is 0.333. The minimum Gasteiger partial charge on any atom is -0.505 e. The fourth-order valence-corrected chi connectivity index (χ4v) is 1.12. The summed E-state index contributed by atoms with van der Waals surface area (Å²) < 4.78 is 12.8. The topological polar surface area (TPSA) is 72.3 Å². The van der Waals surface area contributed by atoms with Crippen LogP contribution >= 0.6 is 0 Å². The van der Waals surface area contributed by atoms with Crippen LogP contribution in [0.3, 0.4) is 0 Å². The Morgan fingerprint density at radius 1 is 1.54 bits per heavy atom. The minimum atomic E-state index is -0.621. The first-order chi connectivity index (χ1) is 6.07. The average Bonchev–Trinajstić information content (AvgIpc) is 2.13. The number of hydrogen-bond acceptors (Lipinski definition) is 3. The molecule has 0 saturated carbocycles. The lowest BCUT2D eigenvalue weighted by molar-refractivity contribution is 0.458. The van der Waals surface area contributed by atoms with Crippen molar-refractivity contribution in [3.8, 4) is 5.75 Å². The first kappa shape index (κ1) is 9.80. The smallest absolute Gasteiger partial charge is 0.149 e. The van der Waals surface area contributed by atoms with E-state index in [0.29, 0.717) is 12.0 Å². The summed E-state index contributed by atoms with van der Waals surface area (Å²) in [6, 6.07) is 2.36. The lowest BCUT2D eigenvalue weighted by Gasteiger charge is -2.12. The summed E-state index contributed by atoms with van der Waals surface area (Å²) in [7, 11) is 0. The number of nitrogen functional groups attached to an aromatic ring is 1. The van der Waals surface area contributed by atoms with E-state index >= 15 is 0 Å². The predicted octanol–water partition coefficient (Wildman–Crippen LogP) is 1.52. The Morgan fingerprint density at radius 2 is 2.15 bits per heavy atom. The molecule has 0 unspecified atom stereocenters. The van der Waals surface area contributed by atoms with Crippen molar-refractivity contribution < 1.29 is 9.50 Å². The predicted molar refractivity (Wildman–Crippen MR) is 49.7 cm³/mol. The third-order valence-electron chi connectivity index (χ3n) is 2.03. The monoisotopic (exact) mass is 184 g/mol. The molecule has 72 valence electrons. The zero-order valence-electron chi connectivity index (χ0n) is 7.42. The number of rotatable bonds is 2. The van der Waals surface area contributed by atoms with Crippen molar-refractivity contribution in [2.45, 2.75) is 19.4 Å². The summed E-state index contributed by atoms with van der Waals surface area (Å²) in [5.74, 6) is -0.862. The van der Waals surface area contributed by atoms with Gasteiger partial charge in [0.25, 0.3) is 0 Å². The van der Waals surface area contributed by atoms with Crippen molar-refractivity contribution in [1.82, 2.24) is 0 Å². The third-order valence-corrected chi connectivity index (χ3v) is 2.03. The summed E-state index contributed by atoms with van der Waals surface area (Å²) in [5.41, 5.74) is 11.2. The second-order valence-corrected chi connectivity index (χ2v) is 2.91. The van der Waals surface area contributed by atoms with E-state index in [0.717, 1.165) is 0 Å². The molecule has 13 heavy (non-hydrogen) atoms. The molecule has 0 heterocycles. The Morgan fingerprint density at radius 3 is 2.69 bits per heavy atom. The molecule has 0 aliphatic rings. The highest BCUT2D eigenvalue weighted by Crippen LogP contribution is 2.31. The molecule has 1 aromatic rings. The molecule has 1 atom stereocenters. The highest BCUT2D eigenvalue weighted by atomic mass is 19.1. The van der Waals surface area contributed by atoms with E-state index in [9.17, 15) is 9.50 Å². The van der Waals surface area contributed by atoms with Crippen molar-refractivity contribution in [2.75, 3.05) is 5.73 Å². The molecule has 1 rings (SSSR count). The number of phenolic OH excluding ortho intramolecular Hbond substituents is 1. The molecule has 4 heteroatoms. The minimum absolute atomic E-state index is 0.235. The van der Waals surface area contributed by atoms with Gasteiger partial charge in [0.15, 0.2) is 0 Å². The molecule has 0 radical (unpaired) electrons. The van der Waals surface area contributed by atoms with Crippen molar-refractivity contribution >= 4 is 5.69 Å². The van der Waals surface area contributed by atoms with Gasteiger partial charge in [0.05, 0.1) is 0 Å². The van der Waals surface area contributed by atoms with E-state index in [4.69, 9.17) is 11.5 Å². The number of aromatic hydroxyl groups is 1. The molecule has 0 bridgehead atoms. The Balaban J connectivity index is 3.18. The van der Waals surface area contributed by atoms with Gasteiger partial charge in [-0.15, -0.1) is 0 Å². The van der Waals surface area contributed by atoms with Crippen LogP contribution in [0, 0.1) is 5.82 Å². The molecular formula is C9H13FN2O. The van der Waals surface area contributed by atoms with E-state index in [1.165, 1.54) is 12.1 Å². The van der Waals surface area contributed by atoms with Crippen LogP contribution in [0.25, 0.3) is 0 Å². The summed E-state index contributed by atoms with van der Waals surface area (Å²) >= 11 is 0. The summed E-state index contributed by atoms with van der Waals surface area (Å²) in [6.45, 7) is 1.88. The third kappa shape index (κ3) is 1.72. The van der Waals surface area contributed by atoms with Crippen LogP contribution in [0.4, 0.5) is 10.1 Å².